The van der Waals surface area contributed by atoms with E-state index in [-0.39, 0.29) is 0 Å². The van der Waals surface area contributed by atoms with Crippen LogP contribution in [-0.4, -0.2) is 4.98 Å². The van der Waals surface area contributed by atoms with Gasteiger partial charge in [-0.05, 0) is 30.7 Å². The van der Waals surface area contributed by atoms with Crippen LogP contribution in [-0.2, 0) is 0 Å². The van der Waals surface area contributed by atoms with E-state index in [4.69, 9.17) is 4.98 Å². The summed E-state index contributed by atoms with van der Waals surface area (Å²) in [5.41, 5.74) is 4.64. The Labute approximate surface area is 144 Å². The number of nitrogens with zero attached hydrogens (tertiary/aromatic N) is 1. The van der Waals surface area contributed by atoms with Crippen LogP contribution >= 0.6 is 11.3 Å². The molecule has 0 fully saturated rings. The van der Waals surface area contributed by atoms with Crippen molar-refractivity contribution in [2.45, 2.75) is 6.92 Å². The van der Waals surface area contributed by atoms with Crippen LogP contribution in [0, 0.1) is 6.92 Å². The van der Waals surface area contributed by atoms with Crippen LogP contribution in [0.3, 0.4) is 0 Å². The Morgan fingerprint density at radius 1 is 0.792 bits per heavy atom. The second kappa shape index (κ2) is 5.15. The first-order valence-electron chi connectivity index (χ1n) is 8.08. The van der Waals surface area contributed by atoms with E-state index in [0.717, 1.165) is 11.2 Å². The Morgan fingerprint density at radius 3 is 2.58 bits per heavy atom. The SMILES string of the molecule is Cc1ccc(-c2ccc3ccccc3n2)c2sc3ccccc3c12. The molecule has 0 atom stereocenters. The number of hydrogen-bond donors (Lipinski definition) is 0. The lowest BCUT2D eigenvalue weighted by Crippen LogP contribution is -1.86. The normalized spacial score (nSPS) is 11.5. The number of rotatable bonds is 1. The molecule has 0 radical (unpaired) electrons. The summed E-state index contributed by atoms with van der Waals surface area (Å²) in [5.74, 6) is 0. The molecule has 0 aliphatic carbocycles. The van der Waals surface area contributed by atoms with Crippen LogP contribution in [0.2, 0.25) is 0 Å². The predicted octanol–water partition coefficient (Wildman–Crippen LogP) is 6.58. The highest BCUT2D eigenvalue weighted by Gasteiger charge is 2.13. The van der Waals surface area contributed by atoms with Crippen LogP contribution < -0.4 is 0 Å². The van der Waals surface area contributed by atoms with E-state index in [9.17, 15) is 0 Å². The van der Waals surface area contributed by atoms with Crippen molar-refractivity contribution in [1.82, 2.24) is 4.98 Å². The maximum Gasteiger partial charge on any atom is 0.0724 e. The third kappa shape index (κ3) is 1.97. The Kier molecular flexibility index (Phi) is 2.94. The monoisotopic (exact) mass is 325 g/mol. The minimum Gasteiger partial charge on any atom is -0.248 e. The van der Waals surface area contributed by atoms with Crippen molar-refractivity contribution in [2.75, 3.05) is 0 Å². The number of thiophene rings is 1. The zero-order chi connectivity index (χ0) is 16.1. The molecule has 0 amide bonds. The molecule has 0 saturated carbocycles. The molecule has 1 nitrogen and oxygen atoms in total. The first-order valence-corrected chi connectivity index (χ1v) is 8.90. The zero-order valence-corrected chi connectivity index (χ0v) is 14.1. The fourth-order valence-corrected chi connectivity index (χ4v) is 4.71. The summed E-state index contributed by atoms with van der Waals surface area (Å²) in [4.78, 5) is 4.90. The van der Waals surface area contributed by atoms with Gasteiger partial charge < -0.3 is 0 Å². The largest absolute Gasteiger partial charge is 0.248 e. The van der Waals surface area contributed by atoms with Gasteiger partial charge in [-0.2, -0.15) is 0 Å². The van der Waals surface area contributed by atoms with Gasteiger partial charge in [-0.25, -0.2) is 4.98 Å². The highest BCUT2D eigenvalue weighted by atomic mass is 32.1. The van der Waals surface area contributed by atoms with Crippen LogP contribution in [0.25, 0.3) is 42.3 Å². The molecule has 5 rings (SSSR count). The van der Waals surface area contributed by atoms with Crippen molar-refractivity contribution in [2.24, 2.45) is 0 Å². The van der Waals surface area contributed by atoms with E-state index >= 15 is 0 Å². The van der Waals surface area contributed by atoms with E-state index in [1.54, 1.807) is 0 Å². The van der Waals surface area contributed by atoms with E-state index in [1.807, 2.05) is 17.4 Å². The molecule has 24 heavy (non-hydrogen) atoms. The van der Waals surface area contributed by atoms with Gasteiger partial charge in [0.2, 0.25) is 0 Å². The number of aromatic nitrogens is 1. The number of fused-ring (bicyclic) bond motifs is 4. The maximum atomic E-state index is 4.90. The second-order valence-corrected chi connectivity index (χ2v) is 7.17. The van der Waals surface area contributed by atoms with Crippen LogP contribution in [0.4, 0.5) is 0 Å². The quantitative estimate of drug-likeness (QED) is 0.339. The predicted molar refractivity (Wildman–Crippen MR) is 105 cm³/mol. The number of pyridine rings is 1. The Hall–Kier alpha value is -2.71. The molecular formula is C22H15NS. The first kappa shape index (κ1) is 13.7. The fraction of sp³-hybridized carbons (Fsp3) is 0.0455. The molecule has 0 aliphatic rings. The molecule has 3 aromatic carbocycles. The third-order valence-electron chi connectivity index (χ3n) is 4.61. The zero-order valence-electron chi connectivity index (χ0n) is 13.3. The Morgan fingerprint density at radius 2 is 1.62 bits per heavy atom. The standard InChI is InChI=1S/C22H15NS/c1-14-10-12-16(19-13-11-15-6-2-4-8-18(15)23-19)22-21(14)17-7-3-5-9-20(17)24-22/h2-13H,1H3. The average Bonchev–Trinajstić information content (AvgIpc) is 3.02. The molecule has 0 unspecified atom stereocenters. The summed E-state index contributed by atoms with van der Waals surface area (Å²) < 4.78 is 2.67. The van der Waals surface area contributed by atoms with Crippen LogP contribution in [0.5, 0.6) is 0 Å². The molecule has 2 heterocycles. The molecule has 5 aromatic rings. The highest BCUT2D eigenvalue weighted by molar-refractivity contribution is 7.26. The number of hydrogen-bond acceptors (Lipinski definition) is 2. The Balaban J connectivity index is 1.87. The van der Waals surface area contributed by atoms with Gasteiger partial charge in [0.25, 0.3) is 0 Å². The highest BCUT2D eigenvalue weighted by Crippen LogP contribution is 2.41. The fourth-order valence-electron chi connectivity index (χ4n) is 3.41. The van der Waals surface area contributed by atoms with Crippen molar-refractivity contribution >= 4 is 42.4 Å². The van der Waals surface area contributed by atoms with Gasteiger partial charge in [0, 0.05) is 31.1 Å². The molecule has 0 bridgehead atoms. The summed E-state index contributed by atoms with van der Waals surface area (Å²) in [6.07, 6.45) is 0. The summed E-state index contributed by atoms with van der Waals surface area (Å²) in [5, 5.41) is 3.89. The topological polar surface area (TPSA) is 12.9 Å². The third-order valence-corrected chi connectivity index (χ3v) is 5.81. The van der Waals surface area contributed by atoms with Crippen molar-refractivity contribution in [1.29, 1.82) is 0 Å². The molecule has 114 valence electrons. The lowest BCUT2D eigenvalue weighted by Gasteiger charge is -2.06. The number of para-hydroxylation sites is 1. The van der Waals surface area contributed by atoms with Crippen molar-refractivity contribution in [3.63, 3.8) is 0 Å². The van der Waals surface area contributed by atoms with Gasteiger partial charge in [-0.3, -0.25) is 0 Å². The first-order chi connectivity index (χ1) is 11.8. The molecule has 2 heteroatoms. The van der Waals surface area contributed by atoms with Crippen LogP contribution in [0.1, 0.15) is 5.56 Å². The number of benzene rings is 3. The molecular weight excluding hydrogens is 310 g/mol. The minimum absolute atomic E-state index is 1.05. The van der Waals surface area contributed by atoms with Gasteiger partial charge in [-0.15, -0.1) is 11.3 Å². The van der Waals surface area contributed by atoms with Crippen molar-refractivity contribution < 1.29 is 0 Å². The van der Waals surface area contributed by atoms with Crippen molar-refractivity contribution in [3.8, 4) is 11.3 Å². The van der Waals surface area contributed by atoms with Gasteiger partial charge in [-0.1, -0.05) is 54.6 Å². The van der Waals surface area contributed by atoms with Gasteiger partial charge in [0.15, 0.2) is 0 Å². The molecule has 2 aromatic heterocycles. The molecule has 0 aliphatic heterocycles. The smallest absolute Gasteiger partial charge is 0.0724 e. The second-order valence-electron chi connectivity index (χ2n) is 6.12. The van der Waals surface area contributed by atoms with Crippen LogP contribution in [0.15, 0.2) is 72.8 Å². The molecule has 0 spiro atoms. The van der Waals surface area contributed by atoms with E-state index in [1.165, 1.54) is 36.7 Å². The summed E-state index contributed by atoms with van der Waals surface area (Å²) >= 11 is 1.86. The van der Waals surface area contributed by atoms with Gasteiger partial charge in [0.05, 0.1) is 11.2 Å². The summed E-state index contributed by atoms with van der Waals surface area (Å²) in [6.45, 7) is 2.19. The van der Waals surface area contributed by atoms with Gasteiger partial charge in [0.1, 0.15) is 0 Å². The summed E-state index contributed by atoms with van der Waals surface area (Å²) in [6, 6.07) is 25.7. The van der Waals surface area contributed by atoms with E-state index in [2.05, 4.69) is 73.7 Å². The van der Waals surface area contributed by atoms with Crippen molar-refractivity contribution in [3.05, 3.63) is 78.4 Å². The Bertz CT molecular complexity index is 1220. The average molecular weight is 325 g/mol. The lowest BCUT2D eigenvalue weighted by atomic mass is 10.0. The summed E-state index contributed by atoms with van der Waals surface area (Å²) in [7, 11) is 0. The lowest BCUT2D eigenvalue weighted by molar-refractivity contribution is 1.41. The molecule has 0 N–H and O–H groups in total. The molecule has 0 saturated heterocycles. The maximum absolute atomic E-state index is 4.90. The number of aryl methyl sites for hydroxylation is 1. The van der Waals surface area contributed by atoms with Gasteiger partial charge >= 0.3 is 0 Å². The van der Waals surface area contributed by atoms with E-state index in [0.29, 0.717) is 0 Å². The van der Waals surface area contributed by atoms with E-state index < -0.39 is 0 Å². The minimum atomic E-state index is 1.05.